The highest BCUT2D eigenvalue weighted by Crippen LogP contribution is 2.40. The number of anilines is 1. The molecule has 0 fully saturated rings. The van der Waals surface area contributed by atoms with Crippen LogP contribution in [-0.4, -0.2) is 21.7 Å². The maximum absolute atomic E-state index is 11.5. The highest BCUT2D eigenvalue weighted by Gasteiger charge is 2.35. The van der Waals surface area contributed by atoms with Crippen LogP contribution in [0.2, 0.25) is 5.02 Å². The Balaban J connectivity index is 2.70. The van der Waals surface area contributed by atoms with Gasteiger partial charge < -0.3 is 0 Å². The number of nitro benzene ring substituents is 2. The Morgan fingerprint density at radius 3 is 2.00 bits per heavy atom. The fraction of sp³-hybridized carbons (Fsp3) is 0. The molecule has 0 radical (unpaired) electrons. The smallest absolute Gasteiger partial charge is 0.269 e. The molecule has 9 nitrogen and oxygen atoms in total. The van der Waals surface area contributed by atoms with Gasteiger partial charge in [0, 0.05) is 18.2 Å². The van der Waals surface area contributed by atoms with E-state index >= 15 is 0 Å². The van der Waals surface area contributed by atoms with Crippen LogP contribution >= 0.6 is 11.6 Å². The SMILES string of the molecule is O=C1C=CC(=O)N1c1c(Cl)cc([N+](=O)[O-])cc1[N+](=O)[O-]. The molecule has 0 aromatic heterocycles. The number of hydrogen-bond donors (Lipinski definition) is 0. The molecule has 0 unspecified atom stereocenters. The first-order valence-electron chi connectivity index (χ1n) is 5.01. The van der Waals surface area contributed by atoms with Crippen molar-refractivity contribution in [3.63, 3.8) is 0 Å². The Bertz CT molecular complexity index is 680. The van der Waals surface area contributed by atoms with E-state index in [1.807, 2.05) is 0 Å². The number of halogens is 1. The lowest BCUT2D eigenvalue weighted by Gasteiger charge is -2.15. The Labute approximate surface area is 115 Å². The summed E-state index contributed by atoms with van der Waals surface area (Å²) < 4.78 is 0. The third-order valence-corrected chi connectivity index (χ3v) is 2.76. The van der Waals surface area contributed by atoms with E-state index in [-0.39, 0.29) is 0 Å². The largest absolute Gasteiger partial charge is 0.301 e. The molecule has 1 aromatic rings. The number of non-ortho nitro benzene ring substituents is 1. The predicted molar refractivity (Wildman–Crippen MR) is 66.4 cm³/mol. The molecule has 1 aromatic carbocycles. The molecule has 10 heteroatoms. The third-order valence-electron chi connectivity index (χ3n) is 2.47. The van der Waals surface area contributed by atoms with Gasteiger partial charge in [-0.2, -0.15) is 0 Å². The number of carbonyl (C=O) groups is 2. The van der Waals surface area contributed by atoms with E-state index in [0.717, 1.165) is 18.2 Å². The number of carbonyl (C=O) groups excluding carboxylic acids is 2. The maximum Gasteiger partial charge on any atom is 0.301 e. The molecule has 0 spiro atoms. The van der Waals surface area contributed by atoms with Crippen LogP contribution in [0.3, 0.4) is 0 Å². The summed E-state index contributed by atoms with van der Waals surface area (Å²) in [5.74, 6) is -1.62. The Hall–Kier alpha value is -2.81. The van der Waals surface area contributed by atoms with Gasteiger partial charge in [-0.15, -0.1) is 0 Å². The first-order valence-corrected chi connectivity index (χ1v) is 5.39. The molecule has 1 aliphatic rings. The molecule has 2 amide bonds. The molecule has 2 rings (SSSR count). The first kappa shape index (κ1) is 13.6. The molecule has 0 aliphatic carbocycles. The van der Waals surface area contributed by atoms with E-state index < -0.39 is 43.7 Å². The minimum Gasteiger partial charge on any atom is -0.269 e. The molecular weight excluding hydrogens is 294 g/mol. The second-order valence-electron chi connectivity index (χ2n) is 3.65. The van der Waals surface area contributed by atoms with Gasteiger partial charge in [0.25, 0.3) is 17.5 Å². The highest BCUT2D eigenvalue weighted by atomic mass is 35.5. The fourth-order valence-electron chi connectivity index (χ4n) is 1.66. The summed E-state index contributed by atoms with van der Waals surface area (Å²) in [6.45, 7) is 0. The lowest BCUT2D eigenvalue weighted by molar-refractivity contribution is -0.393. The van der Waals surface area contributed by atoms with Crippen molar-refractivity contribution >= 4 is 40.5 Å². The van der Waals surface area contributed by atoms with Crippen LogP contribution in [-0.2, 0) is 9.59 Å². The Kier molecular flexibility index (Phi) is 3.20. The normalized spacial score (nSPS) is 13.9. The highest BCUT2D eigenvalue weighted by molar-refractivity contribution is 6.38. The van der Waals surface area contributed by atoms with E-state index in [2.05, 4.69) is 0 Å². The van der Waals surface area contributed by atoms with Crippen LogP contribution in [0.5, 0.6) is 0 Å². The summed E-state index contributed by atoms with van der Waals surface area (Å²) >= 11 is 5.75. The van der Waals surface area contributed by atoms with Crippen LogP contribution in [0.1, 0.15) is 0 Å². The van der Waals surface area contributed by atoms with Gasteiger partial charge >= 0.3 is 5.69 Å². The first-order chi connectivity index (χ1) is 9.32. The van der Waals surface area contributed by atoms with Crippen molar-refractivity contribution in [3.05, 3.63) is 49.5 Å². The lowest BCUT2D eigenvalue weighted by atomic mass is 10.2. The number of benzene rings is 1. The van der Waals surface area contributed by atoms with E-state index in [4.69, 9.17) is 11.6 Å². The maximum atomic E-state index is 11.5. The van der Waals surface area contributed by atoms with Crippen LogP contribution in [0.15, 0.2) is 24.3 Å². The van der Waals surface area contributed by atoms with Gasteiger partial charge in [0.2, 0.25) is 0 Å². The van der Waals surface area contributed by atoms with Crippen molar-refractivity contribution < 1.29 is 19.4 Å². The van der Waals surface area contributed by atoms with Crippen molar-refractivity contribution in [3.8, 4) is 0 Å². The zero-order chi connectivity index (χ0) is 15.0. The van der Waals surface area contributed by atoms with Gasteiger partial charge in [-0.25, -0.2) is 4.90 Å². The molecule has 0 bridgehead atoms. The zero-order valence-electron chi connectivity index (χ0n) is 9.48. The van der Waals surface area contributed by atoms with Gasteiger partial charge in [-0.05, 0) is 0 Å². The summed E-state index contributed by atoms with van der Waals surface area (Å²) in [7, 11) is 0. The molecular formula is C10H4ClN3O6. The summed E-state index contributed by atoms with van der Waals surface area (Å²) in [5, 5.41) is 21.2. The van der Waals surface area contributed by atoms with Crippen molar-refractivity contribution in [2.24, 2.45) is 0 Å². The summed E-state index contributed by atoms with van der Waals surface area (Å²) in [4.78, 5) is 43.4. The monoisotopic (exact) mass is 297 g/mol. The summed E-state index contributed by atoms with van der Waals surface area (Å²) in [5.41, 5.74) is -1.89. The molecule has 20 heavy (non-hydrogen) atoms. The predicted octanol–water partition coefficient (Wildman–Crippen LogP) is 1.59. The summed E-state index contributed by atoms with van der Waals surface area (Å²) in [6, 6.07) is 1.48. The number of imide groups is 1. The topological polar surface area (TPSA) is 124 Å². The molecule has 0 saturated heterocycles. The molecule has 102 valence electrons. The van der Waals surface area contributed by atoms with E-state index in [1.165, 1.54) is 0 Å². The van der Waals surface area contributed by atoms with Gasteiger partial charge in [0.15, 0.2) is 0 Å². The quantitative estimate of drug-likeness (QED) is 0.474. The molecule has 1 heterocycles. The van der Waals surface area contributed by atoms with Crippen LogP contribution in [0.25, 0.3) is 0 Å². The van der Waals surface area contributed by atoms with E-state index in [0.29, 0.717) is 11.0 Å². The number of hydrogen-bond acceptors (Lipinski definition) is 6. The molecule has 0 atom stereocenters. The third kappa shape index (κ3) is 2.10. The van der Waals surface area contributed by atoms with Crippen LogP contribution < -0.4 is 4.90 Å². The van der Waals surface area contributed by atoms with Gasteiger partial charge in [-0.1, -0.05) is 11.6 Å². The lowest BCUT2D eigenvalue weighted by Crippen LogP contribution is -2.30. The molecule has 0 saturated carbocycles. The Morgan fingerprint density at radius 1 is 1.00 bits per heavy atom. The van der Waals surface area contributed by atoms with Crippen LogP contribution in [0.4, 0.5) is 17.1 Å². The molecule has 1 aliphatic heterocycles. The van der Waals surface area contributed by atoms with Crippen molar-refractivity contribution in [2.75, 3.05) is 4.90 Å². The molecule has 0 N–H and O–H groups in total. The number of amides is 2. The average Bonchev–Trinajstić information content (AvgIpc) is 2.68. The minimum absolute atomic E-state index is 0.434. The second kappa shape index (κ2) is 4.70. The van der Waals surface area contributed by atoms with Gasteiger partial charge in [-0.3, -0.25) is 29.8 Å². The van der Waals surface area contributed by atoms with Gasteiger partial charge in [0.1, 0.15) is 5.69 Å². The number of nitro groups is 2. The minimum atomic E-state index is -0.951. The zero-order valence-corrected chi connectivity index (χ0v) is 10.2. The van der Waals surface area contributed by atoms with Crippen molar-refractivity contribution in [1.82, 2.24) is 0 Å². The van der Waals surface area contributed by atoms with Gasteiger partial charge in [0.05, 0.1) is 20.9 Å². The van der Waals surface area contributed by atoms with Crippen molar-refractivity contribution in [1.29, 1.82) is 0 Å². The Morgan fingerprint density at radius 2 is 1.55 bits per heavy atom. The van der Waals surface area contributed by atoms with E-state index in [9.17, 15) is 29.8 Å². The van der Waals surface area contributed by atoms with Crippen LogP contribution in [0, 0.1) is 20.2 Å². The number of rotatable bonds is 3. The summed E-state index contributed by atoms with van der Waals surface area (Å²) in [6.07, 6.45) is 1.84. The number of nitrogens with zero attached hydrogens (tertiary/aromatic N) is 3. The fourth-order valence-corrected chi connectivity index (χ4v) is 1.95. The second-order valence-corrected chi connectivity index (χ2v) is 4.06. The van der Waals surface area contributed by atoms with Crippen molar-refractivity contribution in [2.45, 2.75) is 0 Å². The standard InChI is InChI=1S/C10H4ClN3O6/c11-6-3-5(13(17)18)4-7(14(19)20)10(6)12-8(15)1-2-9(12)16/h1-4H. The van der Waals surface area contributed by atoms with E-state index in [1.54, 1.807) is 0 Å². The average molecular weight is 298 g/mol.